The molecule has 1 saturated carbocycles. The maximum Gasteiger partial charge on any atom is 0.229 e. The highest BCUT2D eigenvalue weighted by atomic mass is 32.1. The molecule has 0 aliphatic heterocycles. The van der Waals surface area contributed by atoms with Crippen LogP contribution in [0.4, 0.5) is 17.5 Å². The molecule has 2 N–H and O–H groups in total. The van der Waals surface area contributed by atoms with E-state index in [-0.39, 0.29) is 0 Å². The Hall–Kier alpha value is -2.67. The fraction of sp³-hybridized carbons (Fsp3) is 0.235. The maximum atomic E-state index is 4.69. The van der Waals surface area contributed by atoms with Gasteiger partial charge in [-0.25, -0.2) is 4.98 Å². The van der Waals surface area contributed by atoms with Gasteiger partial charge in [0, 0.05) is 30.4 Å². The fourth-order valence-electron chi connectivity index (χ4n) is 2.78. The first-order chi connectivity index (χ1) is 11.7. The maximum absolute atomic E-state index is 4.69. The molecular formula is C17H16N6S. The molecule has 3 aromatic heterocycles. The third-order valence-corrected chi connectivity index (χ3v) is 5.01. The molecular weight excluding hydrogens is 320 g/mol. The van der Waals surface area contributed by atoms with Gasteiger partial charge in [-0.15, -0.1) is 11.3 Å². The highest BCUT2D eigenvalue weighted by Crippen LogP contribution is 2.32. The van der Waals surface area contributed by atoms with E-state index in [1.54, 1.807) is 11.3 Å². The van der Waals surface area contributed by atoms with E-state index in [4.69, 9.17) is 0 Å². The highest BCUT2D eigenvalue weighted by Gasteiger charge is 2.23. The number of hydrogen-bond acceptors (Lipinski definition) is 6. The van der Waals surface area contributed by atoms with Crippen molar-refractivity contribution in [3.05, 3.63) is 35.8 Å². The second kappa shape index (κ2) is 5.17. The summed E-state index contributed by atoms with van der Waals surface area (Å²) in [6.07, 6.45) is 4.44. The average molecular weight is 336 g/mol. The van der Waals surface area contributed by atoms with Gasteiger partial charge < -0.3 is 10.6 Å². The summed E-state index contributed by atoms with van der Waals surface area (Å²) < 4.78 is 2.94. The van der Waals surface area contributed by atoms with Crippen molar-refractivity contribution in [2.75, 3.05) is 10.6 Å². The van der Waals surface area contributed by atoms with Crippen molar-refractivity contribution in [3.8, 4) is 0 Å². The summed E-state index contributed by atoms with van der Waals surface area (Å²) in [6, 6.07) is 8.69. The van der Waals surface area contributed by atoms with Gasteiger partial charge in [0.15, 0.2) is 0 Å². The average Bonchev–Trinajstić information content (AvgIpc) is 3.10. The molecule has 0 saturated heterocycles. The van der Waals surface area contributed by atoms with Crippen LogP contribution in [0.2, 0.25) is 0 Å². The molecule has 1 aliphatic rings. The number of aryl methyl sites for hydroxylation is 1. The summed E-state index contributed by atoms with van der Waals surface area (Å²) in [5, 5.41) is 14.4. The summed E-state index contributed by atoms with van der Waals surface area (Å²) in [5.41, 5.74) is 2.86. The molecule has 0 radical (unpaired) electrons. The van der Waals surface area contributed by atoms with Crippen molar-refractivity contribution in [1.29, 1.82) is 0 Å². The number of nitrogens with zero attached hydrogens (tertiary/aromatic N) is 4. The summed E-state index contributed by atoms with van der Waals surface area (Å²) in [5.74, 6) is 1.54. The van der Waals surface area contributed by atoms with Crippen LogP contribution in [0.5, 0.6) is 0 Å². The number of rotatable bonds is 4. The smallest absolute Gasteiger partial charge is 0.229 e. The molecule has 120 valence electrons. The van der Waals surface area contributed by atoms with Crippen LogP contribution in [0.3, 0.4) is 0 Å². The zero-order valence-electron chi connectivity index (χ0n) is 13.2. The minimum absolute atomic E-state index is 0.558. The minimum Gasteiger partial charge on any atom is -0.366 e. The number of aromatic nitrogens is 4. The molecule has 7 heteroatoms. The summed E-state index contributed by atoms with van der Waals surface area (Å²) >= 11 is 1.68. The highest BCUT2D eigenvalue weighted by molar-refractivity contribution is 7.17. The van der Waals surface area contributed by atoms with Crippen molar-refractivity contribution in [3.63, 3.8) is 0 Å². The molecule has 0 amide bonds. The molecule has 1 aliphatic carbocycles. The monoisotopic (exact) mass is 336 g/mol. The lowest BCUT2D eigenvalue weighted by molar-refractivity contribution is 0.780. The number of fused-ring (bicyclic) bond motifs is 2. The lowest BCUT2D eigenvalue weighted by Gasteiger charge is -2.09. The standard InChI is InChI=1S/C17H16N6S/c1-23-9-10-2-3-12(8-14(10)22-23)19-17-20-13-6-7-24-15(13)16(21-17)18-11-4-5-11/h2-3,6-9,11H,4-5H2,1H3,(H2,18,19,20,21). The lowest BCUT2D eigenvalue weighted by atomic mass is 10.2. The summed E-state index contributed by atoms with van der Waals surface area (Å²) in [7, 11) is 1.93. The normalized spacial score (nSPS) is 14.4. The van der Waals surface area contributed by atoms with Gasteiger partial charge in [0.2, 0.25) is 5.95 Å². The first-order valence-electron chi connectivity index (χ1n) is 7.97. The minimum atomic E-state index is 0.558. The van der Waals surface area contributed by atoms with Crippen LogP contribution in [0, 0.1) is 0 Å². The second-order valence-corrected chi connectivity index (χ2v) is 7.07. The van der Waals surface area contributed by atoms with Crippen molar-refractivity contribution >= 4 is 49.9 Å². The third kappa shape index (κ3) is 2.46. The van der Waals surface area contributed by atoms with Gasteiger partial charge in [0.1, 0.15) is 5.82 Å². The van der Waals surface area contributed by atoms with Gasteiger partial charge in [-0.05, 0) is 42.5 Å². The first kappa shape index (κ1) is 13.7. The van der Waals surface area contributed by atoms with Crippen LogP contribution in [0.15, 0.2) is 35.8 Å². The van der Waals surface area contributed by atoms with E-state index < -0.39 is 0 Å². The molecule has 24 heavy (non-hydrogen) atoms. The molecule has 6 nitrogen and oxygen atoms in total. The van der Waals surface area contributed by atoms with Crippen LogP contribution in [0.25, 0.3) is 21.1 Å². The Morgan fingerprint density at radius 2 is 2.08 bits per heavy atom. The zero-order valence-corrected chi connectivity index (χ0v) is 14.0. The Labute approximate surface area is 142 Å². The van der Waals surface area contributed by atoms with E-state index in [1.807, 2.05) is 36.1 Å². The first-order valence-corrected chi connectivity index (χ1v) is 8.85. The fourth-order valence-corrected chi connectivity index (χ4v) is 3.57. The predicted molar refractivity (Wildman–Crippen MR) is 98.1 cm³/mol. The molecule has 0 spiro atoms. The van der Waals surface area contributed by atoms with Crippen LogP contribution in [-0.2, 0) is 7.05 Å². The van der Waals surface area contributed by atoms with E-state index >= 15 is 0 Å². The van der Waals surface area contributed by atoms with E-state index in [2.05, 4.69) is 37.1 Å². The third-order valence-electron chi connectivity index (χ3n) is 4.10. The Kier molecular flexibility index (Phi) is 2.96. The molecule has 5 rings (SSSR count). The molecule has 1 aromatic carbocycles. The summed E-state index contributed by atoms with van der Waals surface area (Å²) in [4.78, 5) is 9.31. The summed E-state index contributed by atoms with van der Waals surface area (Å²) in [6.45, 7) is 0. The van der Waals surface area contributed by atoms with Gasteiger partial charge in [-0.2, -0.15) is 10.1 Å². The van der Waals surface area contributed by atoms with Crippen molar-refractivity contribution < 1.29 is 0 Å². The Bertz CT molecular complexity index is 1050. The number of hydrogen-bond donors (Lipinski definition) is 2. The Balaban J connectivity index is 1.52. The van der Waals surface area contributed by atoms with E-state index in [0.717, 1.165) is 32.6 Å². The number of nitrogens with one attached hydrogen (secondary N) is 2. The van der Waals surface area contributed by atoms with Crippen molar-refractivity contribution in [1.82, 2.24) is 19.7 Å². The van der Waals surface area contributed by atoms with Crippen molar-refractivity contribution in [2.45, 2.75) is 18.9 Å². The molecule has 0 bridgehead atoms. The largest absolute Gasteiger partial charge is 0.366 e. The van der Waals surface area contributed by atoms with Crippen LogP contribution < -0.4 is 10.6 Å². The van der Waals surface area contributed by atoms with E-state index in [9.17, 15) is 0 Å². The second-order valence-electron chi connectivity index (χ2n) is 6.15. The quantitative estimate of drug-likeness (QED) is 0.592. The van der Waals surface area contributed by atoms with Gasteiger partial charge in [-0.3, -0.25) is 4.68 Å². The molecule has 4 aromatic rings. The SMILES string of the molecule is Cn1cc2ccc(Nc3nc(NC4CC4)c4sccc4n3)cc2n1. The molecule has 0 atom stereocenters. The van der Waals surface area contributed by atoms with Crippen molar-refractivity contribution in [2.24, 2.45) is 7.05 Å². The van der Waals surface area contributed by atoms with Crippen LogP contribution >= 0.6 is 11.3 Å². The van der Waals surface area contributed by atoms with E-state index in [1.165, 1.54) is 12.8 Å². The number of thiophene rings is 1. The Morgan fingerprint density at radius 1 is 1.17 bits per heavy atom. The lowest BCUT2D eigenvalue weighted by Crippen LogP contribution is -2.06. The molecule has 1 fully saturated rings. The number of benzene rings is 1. The van der Waals surface area contributed by atoms with E-state index in [0.29, 0.717) is 12.0 Å². The van der Waals surface area contributed by atoms with Gasteiger partial charge in [-0.1, -0.05) is 0 Å². The van der Waals surface area contributed by atoms with Gasteiger partial charge in [0.25, 0.3) is 0 Å². The zero-order chi connectivity index (χ0) is 16.1. The van der Waals surface area contributed by atoms with Gasteiger partial charge in [0.05, 0.1) is 15.7 Å². The number of anilines is 3. The van der Waals surface area contributed by atoms with Gasteiger partial charge >= 0.3 is 0 Å². The predicted octanol–water partition coefficient (Wildman–Crippen LogP) is 3.90. The van der Waals surface area contributed by atoms with Crippen LogP contribution in [-0.4, -0.2) is 25.8 Å². The molecule has 3 heterocycles. The van der Waals surface area contributed by atoms with Crippen LogP contribution in [0.1, 0.15) is 12.8 Å². The molecule has 0 unspecified atom stereocenters. The topological polar surface area (TPSA) is 67.7 Å². The Morgan fingerprint density at radius 3 is 2.96 bits per heavy atom.